The van der Waals surface area contributed by atoms with Crippen LogP contribution >= 0.6 is 0 Å². The Morgan fingerprint density at radius 1 is 1.56 bits per heavy atom. The first kappa shape index (κ1) is 13.5. The van der Waals surface area contributed by atoms with E-state index in [0.29, 0.717) is 12.6 Å². The summed E-state index contributed by atoms with van der Waals surface area (Å²) in [4.78, 5) is 13.7. The largest absolute Gasteiger partial charge is 0.367 e. The van der Waals surface area contributed by atoms with Crippen molar-refractivity contribution < 1.29 is 9.53 Å². The predicted octanol–water partition coefficient (Wildman–Crippen LogP) is 1.01. The molecule has 94 valence electrons. The lowest BCUT2D eigenvalue weighted by atomic mass is 10.1. The van der Waals surface area contributed by atoms with E-state index in [1.54, 1.807) is 0 Å². The van der Waals surface area contributed by atoms with Gasteiger partial charge in [0.2, 0.25) is 5.91 Å². The van der Waals surface area contributed by atoms with E-state index < -0.39 is 0 Å². The minimum atomic E-state index is -0.0100. The summed E-state index contributed by atoms with van der Waals surface area (Å²) in [5.74, 6) is -0.0100. The molecule has 1 unspecified atom stereocenters. The van der Waals surface area contributed by atoms with Gasteiger partial charge in [-0.2, -0.15) is 0 Å². The highest BCUT2D eigenvalue weighted by Gasteiger charge is 2.22. The van der Waals surface area contributed by atoms with Gasteiger partial charge in [0.25, 0.3) is 0 Å². The van der Waals surface area contributed by atoms with Crippen molar-refractivity contribution in [2.24, 2.45) is 0 Å². The SMILES string of the molecule is CCNC(=O)COC1CCCN(C(C)C)C1. The Morgan fingerprint density at radius 3 is 2.94 bits per heavy atom. The summed E-state index contributed by atoms with van der Waals surface area (Å²) < 4.78 is 5.62. The summed E-state index contributed by atoms with van der Waals surface area (Å²) in [6.07, 6.45) is 2.46. The third-order valence-corrected chi connectivity index (χ3v) is 2.96. The molecule has 1 aliphatic rings. The highest BCUT2D eigenvalue weighted by Crippen LogP contribution is 2.15. The van der Waals surface area contributed by atoms with Crippen LogP contribution in [0.5, 0.6) is 0 Å². The normalized spacial score (nSPS) is 22.4. The second-order valence-corrected chi connectivity index (χ2v) is 4.62. The predicted molar refractivity (Wildman–Crippen MR) is 64.4 cm³/mol. The number of carbonyl (C=O) groups is 1. The van der Waals surface area contributed by atoms with Gasteiger partial charge in [0, 0.05) is 19.1 Å². The Bertz CT molecular complexity index is 219. The van der Waals surface area contributed by atoms with Gasteiger partial charge in [-0.25, -0.2) is 0 Å². The van der Waals surface area contributed by atoms with Crippen molar-refractivity contribution in [3.8, 4) is 0 Å². The van der Waals surface area contributed by atoms with Crippen LogP contribution in [0.1, 0.15) is 33.6 Å². The van der Waals surface area contributed by atoms with Gasteiger partial charge in [0.15, 0.2) is 0 Å². The van der Waals surface area contributed by atoms with Crippen molar-refractivity contribution in [3.05, 3.63) is 0 Å². The number of nitrogens with zero attached hydrogens (tertiary/aromatic N) is 1. The summed E-state index contributed by atoms with van der Waals surface area (Å²) in [5.41, 5.74) is 0. The standard InChI is InChI=1S/C12H24N2O2/c1-4-13-12(15)9-16-11-6-5-7-14(8-11)10(2)3/h10-11H,4-9H2,1-3H3,(H,13,15). The lowest BCUT2D eigenvalue weighted by Crippen LogP contribution is -2.44. The van der Waals surface area contributed by atoms with Crippen LogP contribution < -0.4 is 5.32 Å². The Kier molecular flexibility index (Phi) is 5.77. The van der Waals surface area contributed by atoms with Crippen LogP contribution in [-0.4, -0.2) is 49.2 Å². The molecule has 0 saturated carbocycles. The van der Waals surface area contributed by atoms with E-state index in [0.717, 1.165) is 25.9 Å². The lowest BCUT2D eigenvalue weighted by molar-refractivity contribution is -0.129. The lowest BCUT2D eigenvalue weighted by Gasteiger charge is -2.35. The smallest absolute Gasteiger partial charge is 0.246 e. The van der Waals surface area contributed by atoms with Crippen LogP contribution in [-0.2, 0) is 9.53 Å². The molecule has 1 atom stereocenters. The van der Waals surface area contributed by atoms with Gasteiger partial charge in [-0.1, -0.05) is 0 Å². The van der Waals surface area contributed by atoms with E-state index in [-0.39, 0.29) is 18.6 Å². The Labute approximate surface area is 98.3 Å². The fourth-order valence-electron chi connectivity index (χ4n) is 2.01. The number of likely N-dealkylation sites (tertiary alicyclic amines) is 1. The van der Waals surface area contributed by atoms with E-state index in [2.05, 4.69) is 24.1 Å². The molecule has 16 heavy (non-hydrogen) atoms. The molecule has 0 aromatic carbocycles. The van der Waals surface area contributed by atoms with Crippen molar-refractivity contribution in [1.82, 2.24) is 10.2 Å². The molecule has 4 heteroatoms. The summed E-state index contributed by atoms with van der Waals surface area (Å²) in [6.45, 7) is 9.29. The molecular weight excluding hydrogens is 204 g/mol. The van der Waals surface area contributed by atoms with Crippen molar-refractivity contribution in [2.75, 3.05) is 26.2 Å². The van der Waals surface area contributed by atoms with Gasteiger partial charge in [0.1, 0.15) is 6.61 Å². The van der Waals surface area contributed by atoms with Crippen LogP contribution in [0.15, 0.2) is 0 Å². The Balaban J connectivity index is 2.24. The molecule has 0 radical (unpaired) electrons. The molecule has 1 rings (SSSR count). The van der Waals surface area contributed by atoms with Crippen molar-refractivity contribution in [3.63, 3.8) is 0 Å². The first-order valence-corrected chi connectivity index (χ1v) is 6.25. The number of rotatable bonds is 5. The van der Waals surface area contributed by atoms with E-state index in [4.69, 9.17) is 4.74 Å². The molecule has 1 fully saturated rings. The zero-order valence-corrected chi connectivity index (χ0v) is 10.7. The maximum absolute atomic E-state index is 11.3. The van der Waals surface area contributed by atoms with Crippen LogP contribution in [0.3, 0.4) is 0 Å². The number of carbonyl (C=O) groups excluding carboxylic acids is 1. The topological polar surface area (TPSA) is 41.6 Å². The number of hydrogen-bond acceptors (Lipinski definition) is 3. The van der Waals surface area contributed by atoms with E-state index >= 15 is 0 Å². The van der Waals surface area contributed by atoms with Gasteiger partial charge in [-0.3, -0.25) is 9.69 Å². The highest BCUT2D eigenvalue weighted by molar-refractivity contribution is 5.77. The van der Waals surface area contributed by atoms with E-state index in [1.807, 2.05) is 6.92 Å². The summed E-state index contributed by atoms with van der Waals surface area (Å²) in [7, 11) is 0. The molecule has 1 N–H and O–H groups in total. The molecule has 1 heterocycles. The zero-order chi connectivity index (χ0) is 12.0. The molecule has 1 saturated heterocycles. The molecule has 1 aliphatic heterocycles. The molecule has 0 aromatic rings. The fourth-order valence-corrected chi connectivity index (χ4v) is 2.01. The van der Waals surface area contributed by atoms with Crippen LogP contribution in [0.2, 0.25) is 0 Å². The first-order valence-electron chi connectivity index (χ1n) is 6.25. The van der Waals surface area contributed by atoms with Crippen LogP contribution in [0, 0.1) is 0 Å². The molecule has 0 bridgehead atoms. The second-order valence-electron chi connectivity index (χ2n) is 4.62. The van der Waals surface area contributed by atoms with Crippen molar-refractivity contribution >= 4 is 5.91 Å². The third kappa shape index (κ3) is 4.49. The Hall–Kier alpha value is -0.610. The minimum absolute atomic E-state index is 0.0100. The zero-order valence-electron chi connectivity index (χ0n) is 10.7. The van der Waals surface area contributed by atoms with E-state index in [9.17, 15) is 4.79 Å². The Morgan fingerprint density at radius 2 is 2.31 bits per heavy atom. The molecule has 0 spiro atoms. The van der Waals surface area contributed by atoms with Gasteiger partial charge in [0.05, 0.1) is 6.10 Å². The van der Waals surface area contributed by atoms with Crippen LogP contribution in [0.4, 0.5) is 0 Å². The summed E-state index contributed by atoms with van der Waals surface area (Å²) in [5, 5.41) is 2.74. The van der Waals surface area contributed by atoms with Crippen LogP contribution in [0.25, 0.3) is 0 Å². The highest BCUT2D eigenvalue weighted by atomic mass is 16.5. The number of likely N-dealkylation sites (N-methyl/N-ethyl adjacent to an activating group) is 1. The molecule has 0 aliphatic carbocycles. The number of nitrogens with one attached hydrogen (secondary N) is 1. The van der Waals surface area contributed by atoms with Gasteiger partial charge in [-0.05, 0) is 40.2 Å². The molecule has 4 nitrogen and oxygen atoms in total. The van der Waals surface area contributed by atoms with Crippen molar-refractivity contribution in [1.29, 1.82) is 0 Å². The minimum Gasteiger partial charge on any atom is -0.367 e. The summed E-state index contributed by atoms with van der Waals surface area (Å²) in [6, 6.07) is 0.566. The van der Waals surface area contributed by atoms with Gasteiger partial charge < -0.3 is 10.1 Å². The number of hydrogen-bond donors (Lipinski definition) is 1. The molecule has 1 amide bonds. The van der Waals surface area contributed by atoms with Gasteiger partial charge >= 0.3 is 0 Å². The average Bonchev–Trinajstić information content (AvgIpc) is 2.27. The first-order chi connectivity index (χ1) is 7.63. The maximum atomic E-state index is 11.3. The second kappa shape index (κ2) is 6.86. The number of piperidine rings is 1. The van der Waals surface area contributed by atoms with E-state index in [1.165, 1.54) is 0 Å². The molecule has 0 aromatic heterocycles. The average molecular weight is 228 g/mol. The third-order valence-electron chi connectivity index (χ3n) is 2.96. The quantitative estimate of drug-likeness (QED) is 0.763. The van der Waals surface area contributed by atoms with Gasteiger partial charge in [-0.15, -0.1) is 0 Å². The molecular formula is C12H24N2O2. The monoisotopic (exact) mass is 228 g/mol. The number of ether oxygens (including phenoxy) is 1. The van der Waals surface area contributed by atoms with Crippen molar-refractivity contribution in [2.45, 2.75) is 45.8 Å². The fraction of sp³-hybridized carbons (Fsp3) is 0.917. The number of amides is 1. The maximum Gasteiger partial charge on any atom is 0.246 e. The summed E-state index contributed by atoms with van der Waals surface area (Å²) >= 11 is 0.